The molecular formula is C17H23N3OS. The summed E-state index contributed by atoms with van der Waals surface area (Å²) >= 11 is 1.72. The summed E-state index contributed by atoms with van der Waals surface area (Å²) in [6.45, 7) is 4.59. The molecule has 1 amide bonds. The second kappa shape index (κ2) is 7.01. The standard InChI is InChI=1S/C17H23N3OS/c1-12-16(13(2)20(4)18-12)10-17(21)19(3)11-14-6-8-15(22-5)9-7-14/h6-9H,10-11H2,1-5H3. The molecule has 1 aromatic heterocycles. The normalized spacial score (nSPS) is 10.8. The van der Waals surface area contributed by atoms with Gasteiger partial charge in [0.15, 0.2) is 0 Å². The van der Waals surface area contributed by atoms with E-state index in [1.165, 1.54) is 4.90 Å². The Morgan fingerprint density at radius 3 is 2.41 bits per heavy atom. The number of amides is 1. The third-order valence-corrected chi connectivity index (χ3v) is 4.74. The molecule has 0 aliphatic rings. The lowest BCUT2D eigenvalue weighted by molar-refractivity contribution is -0.129. The molecule has 0 bridgehead atoms. The molecule has 1 aromatic carbocycles. The SMILES string of the molecule is CSc1ccc(CN(C)C(=O)Cc2c(C)nn(C)c2C)cc1. The number of hydrogen-bond donors (Lipinski definition) is 0. The van der Waals surface area contributed by atoms with Crippen molar-refractivity contribution >= 4 is 17.7 Å². The van der Waals surface area contributed by atoms with E-state index in [0.29, 0.717) is 13.0 Å². The highest BCUT2D eigenvalue weighted by atomic mass is 32.2. The summed E-state index contributed by atoms with van der Waals surface area (Å²) in [6.07, 6.45) is 2.47. The first kappa shape index (κ1) is 16.6. The maximum absolute atomic E-state index is 12.4. The minimum absolute atomic E-state index is 0.119. The molecule has 118 valence electrons. The number of aryl methyl sites for hydroxylation is 2. The summed E-state index contributed by atoms with van der Waals surface area (Å²) in [4.78, 5) is 15.5. The number of nitrogens with zero attached hydrogens (tertiary/aromatic N) is 3. The third-order valence-electron chi connectivity index (χ3n) is 3.99. The Hall–Kier alpha value is -1.75. The van der Waals surface area contributed by atoms with Crippen LogP contribution in [-0.4, -0.2) is 33.9 Å². The smallest absolute Gasteiger partial charge is 0.227 e. The lowest BCUT2D eigenvalue weighted by Gasteiger charge is -2.17. The van der Waals surface area contributed by atoms with Crippen LogP contribution in [0.2, 0.25) is 0 Å². The first-order chi connectivity index (χ1) is 10.4. The summed E-state index contributed by atoms with van der Waals surface area (Å²) in [7, 11) is 3.76. The van der Waals surface area contributed by atoms with E-state index >= 15 is 0 Å². The first-order valence-corrected chi connectivity index (χ1v) is 8.50. The largest absolute Gasteiger partial charge is 0.341 e. The average Bonchev–Trinajstić information content (AvgIpc) is 2.74. The van der Waals surface area contributed by atoms with Crippen LogP contribution >= 0.6 is 11.8 Å². The van der Waals surface area contributed by atoms with E-state index in [9.17, 15) is 4.79 Å². The van der Waals surface area contributed by atoms with E-state index < -0.39 is 0 Å². The quantitative estimate of drug-likeness (QED) is 0.796. The Kier molecular flexibility index (Phi) is 5.29. The molecule has 0 aliphatic heterocycles. The minimum atomic E-state index is 0.119. The lowest BCUT2D eigenvalue weighted by atomic mass is 10.1. The van der Waals surface area contributed by atoms with Gasteiger partial charge in [0, 0.05) is 36.8 Å². The van der Waals surface area contributed by atoms with Gasteiger partial charge in [-0.3, -0.25) is 9.48 Å². The fourth-order valence-corrected chi connectivity index (χ4v) is 2.86. The van der Waals surface area contributed by atoms with Gasteiger partial charge in [0.05, 0.1) is 12.1 Å². The van der Waals surface area contributed by atoms with Crippen LogP contribution in [0.15, 0.2) is 29.2 Å². The van der Waals surface area contributed by atoms with Crippen molar-refractivity contribution in [3.05, 3.63) is 46.8 Å². The van der Waals surface area contributed by atoms with Gasteiger partial charge < -0.3 is 4.90 Å². The minimum Gasteiger partial charge on any atom is -0.341 e. The van der Waals surface area contributed by atoms with Gasteiger partial charge in [-0.15, -0.1) is 11.8 Å². The second-order valence-corrected chi connectivity index (χ2v) is 6.43. The monoisotopic (exact) mass is 317 g/mol. The Morgan fingerprint density at radius 2 is 1.91 bits per heavy atom. The van der Waals surface area contributed by atoms with E-state index in [2.05, 4.69) is 35.6 Å². The van der Waals surface area contributed by atoms with Crippen molar-refractivity contribution in [3.8, 4) is 0 Å². The van der Waals surface area contributed by atoms with Gasteiger partial charge in [-0.25, -0.2) is 0 Å². The molecular weight excluding hydrogens is 294 g/mol. The fraction of sp³-hybridized carbons (Fsp3) is 0.412. The first-order valence-electron chi connectivity index (χ1n) is 7.28. The van der Waals surface area contributed by atoms with Crippen LogP contribution in [0.4, 0.5) is 0 Å². The summed E-state index contributed by atoms with van der Waals surface area (Å²) in [5.74, 6) is 0.119. The highest BCUT2D eigenvalue weighted by Gasteiger charge is 2.16. The molecule has 22 heavy (non-hydrogen) atoms. The number of rotatable bonds is 5. The fourth-order valence-electron chi connectivity index (χ4n) is 2.45. The molecule has 0 saturated carbocycles. The predicted molar refractivity (Wildman–Crippen MR) is 91.1 cm³/mol. The van der Waals surface area contributed by atoms with Crippen LogP contribution in [0.5, 0.6) is 0 Å². The topological polar surface area (TPSA) is 38.1 Å². The summed E-state index contributed by atoms with van der Waals surface area (Å²) in [5.41, 5.74) is 4.18. The van der Waals surface area contributed by atoms with Crippen LogP contribution < -0.4 is 0 Å². The van der Waals surface area contributed by atoms with Crippen molar-refractivity contribution in [3.63, 3.8) is 0 Å². The Labute approximate surface area is 136 Å². The molecule has 0 aliphatic carbocycles. The number of likely N-dealkylation sites (N-methyl/N-ethyl adjacent to an activating group) is 1. The third kappa shape index (κ3) is 3.71. The molecule has 0 fully saturated rings. The second-order valence-electron chi connectivity index (χ2n) is 5.55. The number of carbonyl (C=O) groups is 1. The number of benzene rings is 1. The molecule has 4 nitrogen and oxygen atoms in total. The number of aromatic nitrogens is 2. The van der Waals surface area contributed by atoms with Crippen LogP contribution in [0.1, 0.15) is 22.5 Å². The van der Waals surface area contributed by atoms with Crippen molar-refractivity contribution in [1.29, 1.82) is 0 Å². The summed E-state index contributed by atoms with van der Waals surface area (Å²) in [5, 5.41) is 4.37. The Morgan fingerprint density at radius 1 is 1.27 bits per heavy atom. The van der Waals surface area contributed by atoms with Gasteiger partial charge in [-0.1, -0.05) is 12.1 Å². The molecule has 0 radical (unpaired) electrons. The number of thioether (sulfide) groups is 1. The van der Waals surface area contributed by atoms with Crippen LogP contribution in [0.25, 0.3) is 0 Å². The summed E-state index contributed by atoms with van der Waals surface area (Å²) < 4.78 is 1.83. The maximum Gasteiger partial charge on any atom is 0.227 e. The van der Waals surface area contributed by atoms with Crippen molar-refractivity contribution < 1.29 is 4.79 Å². The van der Waals surface area contributed by atoms with Gasteiger partial charge in [-0.2, -0.15) is 5.10 Å². The van der Waals surface area contributed by atoms with Gasteiger partial charge >= 0.3 is 0 Å². The number of carbonyl (C=O) groups excluding carboxylic acids is 1. The maximum atomic E-state index is 12.4. The van der Waals surface area contributed by atoms with Crippen LogP contribution in [-0.2, 0) is 24.8 Å². The molecule has 0 saturated heterocycles. The van der Waals surface area contributed by atoms with Crippen molar-refractivity contribution in [2.24, 2.45) is 7.05 Å². The Balaban J connectivity index is 2.02. The Bertz CT molecular complexity index is 661. The average molecular weight is 317 g/mol. The van der Waals surface area contributed by atoms with Crippen molar-refractivity contribution in [2.45, 2.75) is 31.7 Å². The molecule has 0 spiro atoms. The highest BCUT2D eigenvalue weighted by molar-refractivity contribution is 7.98. The van der Waals surface area contributed by atoms with Gasteiger partial charge in [0.2, 0.25) is 5.91 Å². The number of hydrogen-bond acceptors (Lipinski definition) is 3. The zero-order valence-electron chi connectivity index (χ0n) is 13.9. The van der Waals surface area contributed by atoms with E-state index in [-0.39, 0.29) is 5.91 Å². The van der Waals surface area contributed by atoms with Gasteiger partial charge in [0.25, 0.3) is 0 Å². The summed E-state index contributed by atoms with van der Waals surface area (Å²) in [6, 6.07) is 8.34. The molecule has 2 aromatic rings. The zero-order chi connectivity index (χ0) is 16.3. The van der Waals surface area contributed by atoms with Crippen molar-refractivity contribution in [1.82, 2.24) is 14.7 Å². The molecule has 0 unspecified atom stereocenters. The highest BCUT2D eigenvalue weighted by Crippen LogP contribution is 2.17. The molecule has 1 heterocycles. The van der Waals surface area contributed by atoms with Crippen LogP contribution in [0, 0.1) is 13.8 Å². The lowest BCUT2D eigenvalue weighted by Crippen LogP contribution is -2.28. The molecule has 5 heteroatoms. The van der Waals surface area contributed by atoms with Crippen LogP contribution in [0.3, 0.4) is 0 Å². The molecule has 2 rings (SSSR count). The van der Waals surface area contributed by atoms with E-state index in [1.54, 1.807) is 16.7 Å². The van der Waals surface area contributed by atoms with E-state index in [0.717, 1.165) is 22.5 Å². The van der Waals surface area contributed by atoms with Gasteiger partial charge in [0.1, 0.15) is 0 Å². The zero-order valence-corrected chi connectivity index (χ0v) is 14.7. The van der Waals surface area contributed by atoms with E-state index in [1.807, 2.05) is 32.6 Å². The predicted octanol–water partition coefficient (Wildman–Crippen LogP) is 2.96. The van der Waals surface area contributed by atoms with Crippen molar-refractivity contribution in [2.75, 3.05) is 13.3 Å². The van der Waals surface area contributed by atoms with E-state index in [4.69, 9.17) is 0 Å². The molecule has 0 atom stereocenters. The van der Waals surface area contributed by atoms with Gasteiger partial charge in [-0.05, 0) is 37.8 Å². The molecule has 0 N–H and O–H groups in total.